The van der Waals surface area contributed by atoms with Crippen LogP contribution in [0.4, 0.5) is 5.82 Å². The molecule has 0 saturated carbocycles. The molecular formula is C16H22N4. The van der Waals surface area contributed by atoms with Crippen molar-refractivity contribution in [2.45, 2.75) is 33.4 Å². The Balaban J connectivity index is 2.26. The molecule has 4 heteroatoms. The normalized spacial score (nSPS) is 10.6. The second-order valence-corrected chi connectivity index (χ2v) is 4.75. The third kappa shape index (κ3) is 3.54. The van der Waals surface area contributed by atoms with Crippen molar-refractivity contribution in [1.29, 1.82) is 0 Å². The van der Waals surface area contributed by atoms with Crippen LogP contribution in [-0.4, -0.2) is 16.5 Å². The van der Waals surface area contributed by atoms with E-state index in [9.17, 15) is 0 Å². The van der Waals surface area contributed by atoms with E-state index in [2.05, 4.69) is 35.9 Å². The second kappa shape index (κ2) is 7.01. The highest BCUT2D eigenvalue weighted by molar-refractivity contribution is 5.43. The average Bonchev–Trinajstić information content (AvgIpc) is 2.53. The Morgan fingerprint density at radius 1 is 1.10 bits per heavy atom. The van der Waals surface area contributed by atoms with Crippen LogP contribution >= 0.6 is 0 Å². The van der Waals surface area contributed by atoms with E-state index in [-0.39, 0.29) is 0 Å². The summed E-state index contributed by atoms with van der Waals surface area (Å²) < 4.78 is 0. The van der Waals surface area contributed by atoms with Gasteiger partial charge in [-0.15, -0.1) is 0 Å². The summed E-state index contributed by atoms with van der Waals surface area (Å²) in [6, 6.07) is 8.25. The summed E-state index contributed by atoms with van der Waals surface area (Å²) in [6.45, 7) is 6.56. The van der Waals surface area contributed by atoms with E-state index in [4.69, 9.17) is 10.7 Å². The maximum atomic E-state index is 5.78. The zero-order valence-electron chi connectivity index (χ0n) is 12.2. The number of nitrogens with two attached hydrogens (primary N) is 1. The molecule has 2 N–H and O–H groups in total. The lowest BCUT2D eigenvalue weighted by Gasteiger charge is -2.23. The van der Waals surface area contributed by atoms with Crippen LogP contribution in [0.2, 0.25) is 0 Å². The molecule has 106 valence electrons. The molecule has 2 rings (SSSR count). The number of nitrogens with zero attached hydrogens (tertiary/aromatic N) is 3. The number of anilines is 1. The number of aromatic nitrogens is 2. The van der Waals surface area contributed by atoms with Gasteiger partial charge in [0.05, 0.1) is 0 Å². The lowest BCUT2D eigenvalue weighted by Crippen LogP contribution is -2.23. The molecule has 0 saturated heterocycles. The maximum Gasteiger partial charge on any atom is 0.129 e. The molecule has 0 unspecified atom stereocenters. The standard InChI is InChI=1S/C16H22N4/c1-3-15-9-14(11-17)10-16(19-15)20(4-2)12-13-5-7-18-8-6-13/h5-10H,3-4,11-12,17H2,1-2H3. The van der Waals surface area contributed by atoms with Gasteiger partial charge in [0.1, 0.15) is 5.82 Å². The molecule has 2 aromatic heterocycles. The number of aryl methyl sites for hydroxylation is 1. The Bertz CT molecular complexity index is 517. The van der Waals surface area contributed by atoms with E-state index >= 15 is 0 Å². The zero-order chi connectivity index (χ0) is 14.4. The number of pyridine rings is 2. The van der Waals surface area contributed by atoms with Gasteiger partial charge in [-0.2, -0.15) is 0 Å². The number of hydrogen-bond donors (Lipinski definition) is 1. The lowest BCUT2D eigenvalue weighted by atomic mass is 10.2. The van der Waals surface area contributed by atoms with Crippen LogP contribution in [0, 0.1) is 0 Å². The van der Waals surface area contributed by atoms with Crippen molar-refractivity contribution in [3.63, 3.8) is 0 Å². The van der Waals surface area contributed by atoms with Gasteiger partial charge in [-0.1, -0.05) is 6.92 Å². The van der Waals surface area contributed by atoms with Gasteiger partial charge in [-0.25, -0.2) is 4.98 Å². The first-order valence-electron chi connectivity index (χ1n) is 7.10. The summed E-state index contributed by atoms with van der Waals surface area (Å²) in [7, 11) is 0. The van der Waals surface area contributed by atoms with Crippen molar-refractivity contribution in [2.75, 3.05) is 11.4 Å². The Labute approximate surface area is 120 Å². The highest BCUT2D eigenvalue weighted by Gasteiger charge is 2.09. The van der Waals surface area contributed by atoms with Crippen LogP contribution in [0.15, 0.2) is 36.7 Å². The van der Waals surface area contributed by atoms with Gasteiger partial charge in [-0.3, -0.25) is 4.98 Å². The van der Waals surface area contributed by atoms with Gasteiger partial charge in [0.15, 0.2) is 0 Å². The molecule has 0 aromatic carbocycles. The second-order valence-electron chi connectivity index (χ2n) is 4.75. The highest BCUT2D eigenvalue weighted by Crippen LogP contribution is 2.18. The Hall–Kier alpha value is -1.94. The minimum absolute atomic E-state index is 0.551. The molecule has 2 heterocycles. The van der Waals surface area contributed by atoms with Crippen molar-refractivity contribution in [3.8, 4) is 0 Å². The minimum Gasteiger partial charge on any atom is -0.353 e. The van der Waals surface area contributed by atoms with E-state index < -0.39 is 0 Å². The molecule has 0 bridgehead atoms. The summed E-state index contributed by atoms with van der Waals surface area (Å²) in [5.41, 5.74) is 9.25. The predicted molar refractivity (Wildman–Crippen MR) is 82.5 cm³/mol. The topological polar surface area (TPSA) is 55.0 Å². The SMILES string of the molecule is CCc1cc(CN)cc(N(CC)Cc2ccncc2)n1. The fourth-order valence-electron chi connectivity index (χ4n) is 2.16. The van der Waals surface area contributed by atoms with Crippen molar-refractivity contribution < 1.29 is 0 Å². The molecule has 20 heavy (non-hydrogen) atoms. The van der Waals surface area contributed by atoms with Crippen molar-refractivity contribution in [2.24, 2.45) is 5.73 Å². The van der Waals surface area contributed by atoms with Gasteiger partial charge in [0.25, 0.3) is 0 Å². The zero-order valence-corrected chi connectivity index (χ0v) is 12.2. The van der Waals surface area contributed by atoms with Crippen molar-refractivity contribution >= 4 is 5.82 Å². The van der Waals surface area contributed by atoms with Crippen LogP contribution in [0.5, 0.6) is 0 Å². The van der Waals surface area contributed by atoms with Crippen molar-refractivity contribution in [3.05, 3.63) is 53.5 Å². The number of hydrogen-bond acceptors (Lipinski definition) is 4. The van der Waals surface area contributed by atoms with E-state index in [0.29, 0.717) is 6.54 Å². The maximum absolute atomic E-state index is 5.78. The first-order valence-corrected chi connectivity index (χ1v) is 7.10. The molecule has 0 radical (unpaired) electrons. The van der Waals surface area contributed by atoms with Crippen LogP contribution in [0.3, 0.4) is 0 Å². The Morgan fingerprint density at radius 3 is 2.45 bits per heavy atom. The molecule has 0 aliphatic rings. The smallest absolute Gasteiger partial charge is 0.129 e. The first kappa shape index (κ1) is 14.5. The van der Waals surface area contributed by atoms with Gasteiger partial charge < -0.3 is 10.6 Å². The number of rotatable bonds is 6. The summed E-state index contributed by atoms with van der Waals surface area (Å²) in [5, 5.41) is 0. The molecule has 0 amide bonds. The minimum atomic E-state index is 0.551. The molecule has 0 fully saturated rings. The van der Waals surface area contributed by atoms with E-state index in [0.717, 1.165) is 36.6 Å². The third-order valence-electron chi connectivity index (χ3n) is 3.35. The van der Waals surface area contributed by atoms with E-state index in [1.807, 2.05) is 24.5 Å². The summed E-state index contributed by atoms with van der Waals surface area (Å²) in [6.07, 6.45) is 4.57. The highest BCUT2D eigenvalue weighted by atomic mass is 15.2. The molecule has 2 aromatic rings. The monoisotopic (exact) mass is 270 g/mol. The molecule has 0 aliphatic heterocycles. The molecule has 4 nitrogen and oxygen atoms in total. The van der Waals surface area contributed by atoms with Crippen LogP contribution in [0.25, 0.3) is 0 Å². The Morgan fingerprint density at radius 2 is 1.85 bits per heavy atom. The summed E-state index contributed by atoms with van der Waals surface area (Å²) in [5.74, 6) is 1.00. The fraction of sp³-hybridized carbons (Fsp3) is 0.375. The van der Waals surface area contributed by atoms with Gasteiger partial charge in [-0.05, 0) is 48.7 Å². The van der Waals surface area contributed by atoms with Crippen LogP contribution < -0.4 is 10.6 Å². The largest absolute Gasteiger partial charge is 0.353 e. The summed E-state index contributed by atoms with van der Waals surface area (Å²) in [4.78, 5) is 11.0. The Kier molecular flexibility index (Phi) is 5.07. The molecule has 0 spiro atoms. The van der Waals surface area contributed by atoms with Crippen LogP contribution in [-0.2, 0) is 19.5 Å². The fourth-order valence-corrected chi connectivity index (χ4v) is 2.16. The van der Waals surface area contributed by atoms with Crippen molar-refractivity contribution in [1.82, 2.24) is 9.97 Å². The van der Waals surface area contributed by atoms with Crippen LogP contribution in [0.1, 0.15) is 30.7 Å². The van der Waals surface area contributed by atoms with E-state index in [1.165, 1.54) is 5.56 Å². The van der Waals surface area contributed by atoms with Gasteiger partial charge >= 0.3 is 0 Å². The third-order valence-corrected chi connectivity index (χ3v) is 3.35. The molecule has 0 atom stereocenters. The van der Waals surface area contributed by atoms with E-state index in [1.54, 1.807) is 0 Å². The molecule has 0 aliphatic carbocycles. The quantitative estimate of drug-likeness (QED) is 0.876. The first-order chi connectivity index (χ1) is 9.76. The molecular weight excluding hydrogens is 248 g/mol. The summed E-state index contributed by atoms with van der Waals surface area (Å²) >= 11 is 0. The predicted octanol–water partition coefficient (Wildman–Crippen LogP) is 2.52. The average molecular weight is 270 g/mol. The van der Waals surface area contributed by atoms with Gasteiger partial charge in [0.2, 0.25) is 0 Å². The van der Waals surface area contributed by atoms with Gasteiger partial charge in [0, 0.05) is 37.7 Å². The lowest BCUT2D eigenvalue weighted by molar-refractivity contribution is 0.802.